The molecule has 0 unspecified atom stereocenters. The smallest absolute Gasteiger partial charge is 0.263 e. The van der Waals surface area contributed by atoms with Crippen molar-refractivity contribution in [2.24, 2.45) is 5.84 Å². The summed E-state index contributed by atoms with van der Waals surface area (Å²) in [6.07, 6.45) is 3.06. The maximum atomic E-state index is 5.37. The first kappa shape index (κ1) is 13.6. The van der Waals surface area contributed by atoms with Crippen LogP contribution in [0.1, 0.15) is 13.8 Å². The third-order valence-electron chi connectivity index (χ3n) is 2.37. The molecule has 0 atom stereocenters. The molecule has 102 valence electrons. The van der Waals surface area contributed by atoms with Crippen molar-refractivity contribution < 1.29 is 4.42 Å². The molecule has 0 aliphatic heterocycles. The Morgan fingerprint density at radius 2 is 2.11 bits per heavy atom. The van der Waals surface area contributed by atoms with Gasteiger partial charge in [0.25, 0.3) is 5.22 Å². The molecule has 8 nitrogen and oxygen atoms in total. The van der Waals surface area contributed by atoms with Crippen LogP contribution in [0.4, 0.5) is 11.9 Å². The fourth-order valence-corrected chi connectivity index (χ4v) is 2.08. The molecule has 0 saturated heterocycles. The molecule has 9 heteroatoms. The van der Waals surface area contributed by atoms with Crippen LogP contribution in [0.5, 0.6) is 0 Å². The third-order valence-corrected chi connectivity index (χ3v) is 3.11. The summed E-state index contributed by atoms with van der Waals surface area (Å²) in [5, 5.41) is 0.951. The van der Waals surface area contributed by atoms with Crippen LogP contribution < -0.4 is 16.2 Å². The second kappa shape index (κ2) is 6.34. The normalized spacial score (nSPS) is 10.5. The quantitative estimate of drug-likeness (QED) is 0.595. The van der Waals surface area contributed by atoms with Crippen LogP contribution >= 0.6 is 11.8 Å². The number of hydrogen-bond donors (Lipinski definition) is 2. The Kier molecular flexibility index (Phi) is 4.53. The van der Waals surface area contributed by atoms with E-state index in [9.17, 15) is 0 Å². The number of oxazole rings is 1. The number of rotatable bonds is 6. The van der Waals surface area contributed by atoms with Crippen molar-refractivity contribution in [3.8, 4) is 0 Å². The van der Waals surface area contributed by atoms with E-state index in [4.69, 9.17) is 10.3 Å². The summed E-state index contributed by atoms with van der Waals surface area (Å²) in [5.74, 6) is 6.26. The van der Waals surface area contributed by atoms with E-state index in [2.05, 4.69) is 25.4 Å². The molecule has 0 bridgehead atoms. The van der Waals surface area contributed by atoms with Crippen LogP contribution in [0, 0.1) is 0 Å². The Balaban J connectivity index is 2.30. The van der Waals surface area contributed by atoms with E-state index in [1.807, 2.05) is 18.7 Å². The van der Waals surface area contributed by atoms with Crippen LogP contribution in [0.3, 0.4) is 0 Å². The number of hydrogen-bond acceptors (Lipinski definition) is 9. The van der Waals surface area contributed by atoms with Gasteiger partial charge < -0.3 is 9.32 Å². The Morgan fingerprint density at radius 3 is 2.68 bits per heavy atom. The zero-order valence-corrected chi connectivity index (χ0v) is 11.5. The number of nitrogens with one attached hydrogen (secondary N) is 1. The Morgan fingerprint density at radius 1 is 1.32 bits per heavy atom. The summed E-state index contributed by atoms with van der Waals surface area (Å²) in [7, 11) is 0. The second-order valence-corrected chi connectivity index (χ2v) is 4.38. The lowest BCUT2D eigenvalue weighted by molar-refractivity contribution is 0.453. The summed E-state index contributed by atoms with van der Waals surface area (Å²) < 4.78 is 5.15. The van der Waals surface area contributed by atoms with Gasteiger partial charge >= 0.3 is 0 Å². The van der Waals surface area contributed by atoms with Crippen molar-refractivity contribution in [1.29, 1.82) is 0 Å². The average Bonchev–Trinajstić information content (AvgIpc) is 2.93. The first-order valence-corrected chi connectivity index (χ1v) is 6.63. The van der Waals surface area contributed by atoms with Gasteiger partial charge in [-0.15, -0.1) is 0 Å². The van der Waals surface area contributed by atoms with Gasteiger partial charge in [0.2, 0.25) is 17.1 Å². The van der Waals surface area contributed by atoms with Gasteiger partial charge in [0.05, 0.1) is 6.20 Å². The number of hydrazine groups is 1. The molecule has 2 aromatic heterocycles. The summed E-state index contributed by atoms with van der Waals surface area (Å²) >= 11 is 1.21. The molecule has 2 heterocycles. The van der Waals surface area contributed by atoms with E-state index in [1.54, 1.807) is 6.20 Å². The van der Waals surface area contributed by atoms with Gasteiger partial charge in [-0.25, -0.2) is 10.8 Å². The van der Waals surface area contributed by atoms with Crippen molar-refractivity contribution >= 4 is 23.7 Å². The zero-order valence-electron chi connectivity index (χ0n) is 10.7. The minimum atomic E-state index is 0.311. The number of nitrogen functional groups attached to an aromatic ring is 1. The van der Waals surface area contributed by atoms with E-state index < -0.39 is 0 Å². The van der Waals surface area contributed by atoms with Gasteiger partial charge in [-0.05, 0) is 13.8 Å². The lowest BCUT2D eigenvalue weighted by atomic mass is 10.5. The molecular formula is C10H15N7OS. The van der Waals surface area contributed by atoms with Crippen LogP contribution in [0.2, 0.25) is 0 Å². The Labute approximate surface area is 114 Å². The Hall–Kier alpha value is -1.87. The highest BCUT2D eigenvalue weighted by atomic mass is 32.2. The van der Waals surface area contributed by atoms with Crippen molar-refractivity contribution in [1.82, 2.24) is 19.9 Å². The largest absolute Gasteiger partial charge is 0.440 e. The van der Waals surface area contributed by atoms with Gasteiger partial charge in [-0.2, -0.15) is 15.0 Å². The highest BCUT2D eigenvalue weighted by Crippen LogP contribution is 2.24. The van der Waals surface area contributed by atoms with Crippen LogP contribution in [0.25, 0.3) is 0 Å². The third kappa shape index (κ3) is 3.32. The minimum absolute atomic E-state index is 0.311. The monoisotopic (exact) mass is 281 g/mol. The highest BCUT2D eigenvalue weighted by molar-refractivity contribution is 7.98. The first-order valence-electron chi connectivity index (χ1n) is 5.81. The number of nitrogens with two attached hydrogens (primary N) is 1. The fourth-order valence-electron chi connectivity index (χ4n) is 1.44. The van der Waals surface area contributed by atoms with Crippen molar-refractivity contribution in [2.45, 2.75) is 24.2 Å². The fraction of sp³-hybridized carbons (Fsp3) is 0.400. The number of anilines is 2. The topological polar surface area (TPSA) is 106 Å². The molecule has 3 N–H and O–H groups in total. The second-order valence-electron chi connectivity index (χ2n) is 3.46. The van der Waals surface area contributed by atoms with Gasteiger partial charge in [0.1, 0.15) is 6.26 Å². The van der Waals surface area contributed by atoms with E-state index >= 15 is 0 Å². The summed E-state index contributed by atoms with van der Waals surface area (Å²) in [5.41, 5.74) is 2.44. The highest BCUT2D eigenvalue weighted by Gasteiger charge is 2.13. The molecule has 0 radical (unpaired) electrons. The Bertz CT molecular complexity index is 515. The van der Waals surface area contributed by atoms with Gasteiger partial charge in [0, 0.05) is 24.9 Å². The molecule has 0 aliphatic carbocycles. The molecule has 0 fully saturated rings. The maximum Gasteiger partial charge on any atom is 0.263 e. The SMILES string of the molecule is CCN(CC)c1nc(NN)nc(Sc2ncco2)n1. The van der Waals surface area contributed by atoms with Gasteiger partial charge in [-0.1, -0.05) is 0 Å². The van der Waals surface area contributed by atoms with Crippen molar-refractivity contribution in [3.63, 3.8) is 0 Å². The van der Waals surface area contributed by atoms with E-state index in [0.717, 1.165) is 13.1 Å². The summed E-state index contributed by atoms with van der Waals surface area (Å²) in [6, 6.07) is 0. The van der Waals surface area contributed by atoms with Crippen molar-refractivity contribution in [2.75, 3.05) is 23.4 Å². The molecular weight excluding hydrogens is 266 g/mol. The lowest BCUT2D eigenvalue weighted by Gasteiger charge is -2.18. The standard InChI is InChI=1S/C10H15N7OS/c1-3-17(4-2)8-13-7(16-11)14-9(15-8)19-10-12-5-6-18-10/h5-6H,3-4,11H2,1-2H3,(H,13,14,15,16). The molecule has 0 spiro atoms. The average molecular weight is 281 g/mol. The van der Waals surface area contributed by atoms with Crippen LogP contribution in [-0.4, -0.2) is 33.0 Å². The predicted molar refractivity (Wildman–Crippen MR) is 71.8 cm³/mol. The van der Waals surface area contributed by atoms with Gasteiger partial charge in [-0.3, -0.25) is 5.43 Å². The summed E-state index contributed by atoms with van der Waals surface area (Å²) in [4.78, 5) is 18.8. The molecule has 0 aromatic carbocycles. The van der Waals surface area contributed by atoms with E-state index in [-0.39, 0.29) is 0 Å². The first-order chi connectivity index (χ1) is 9.26. The number of nitrogens with zero attached hydrogens (tertiary/aromatic N) is 5. The molecule has 0 saturated carbocycles. The van der Waals surface area contributed by atoms with Gasteiger partial charge in [0.15, 0.2) is 0 Å². The number of aromatic nitrogens is 4. The molecule has 2 aromatic rings. The summed E-state index contributed by atoms with van der Waals surface area (Å²) in [6.45, 7) is 5.66. The predicted octanol–water partition coefficient (Wildman–Crippen LogP) is 1.14. The zero-order chi connectivity index (χ0) is 13.7. The minimum Gasteiger partial charge on any atom is -0.440 e. The molecule has 0 aliphatic rings. The molecule has 0 amide bonds. The van der Waals surface area contributed by atoms with E-state index in [0.29, 0.717) is 22.3 Å². The van der Waals surface area contributed by atoms with Crippen molar-refractivity contribution in [3.05, 3.63) is 12.5 Å². The maximum absolute atomic E-state index is 5.37. The van der Waals surface area contributed by atoms with E-state index in [1.165, 1.54) is 18.0 Å². The van der Waals surface area contributed by atoms with Crippen LogP contribution in [-0.2, 0) is 0 Å². The molecule has 2 rings (SSSR count). The van der Waals surface area contributed by atoms with Crippen LogP contribution in [0.15, 0.2) is 27.3 Å². The molecule has 19 heavy (non-hydrogen) atoms. The lowest BCUT2D eigenvalue weighted by Crippen LogP contribution is -2.25.